The molecule has 1 aliphatic carbocycles. The van der Waals surface area contributed by atoms with Gasteiger partial charge in [-0.05, 0) is 100 Å². The van der Waals surface area contributed by atoms with Crippen molar-refractivity contribution in [3.63, 3.8) is 0 Å². The number of amides is 3. The summed E-state index contributed by atoms with van der Waals surface area (Å²) in [6.07, 6.45) is 0.940. The fourth-order valence-electron chi connectivity index (χ4n) is 5.14. The zero-order valence-corrected chi connectivity index (χ0v) is 25.2. The maximum Gasteiger partial charge on any atom is 0.408 e. The first-order valence-electron chi connectivity index (χ1n) is 14.4. The quantitative estimate of drug-likeness (QED) is 0.287. The Balaban J connectivity index is 1.77. The highest BCUT2D eigenvalue weighted by molar-refractivity contribution is 6.00. The van der Waals surface area contributed by atoms with Gasteiger partial charge in [0.1, 0.15) is 23.4 Å². The number of carbonyl (C=O) groups excluding carboxylic acids is 3. The summed E-state index contributed by atoms with van der Waals surface area (Å²) in [7, 11) is 0. The number of aryl methyl sites for hydroxylation is 3. The van der Waals surface area contributed by atoms with Crippen molar-refractivity contribution in [1.82, 2.24) is 10.2 Å². The number of nitrogens with zero attached hydrogens (tertiary/aromatic N) is 1. The van der Waals surface area contributed by atoms with Crippen LogP contribution in [0.2, 0.25) is 0 Å². The van der Waals surface area contributed by atoms with Crippen LogP contribution in [0.1, 0.15) is 67.5 Å². The molecule has 1 saturated carbocycles. The third kappa shape index (κ3) is 7.69. The normalized spacial score (nSPS) is 14.4. The number of alkyl carbamates (subject to hydrolysis) is 1. The summed E-state index contributed by atoms with van der Waals surface area (Å²) >= 11 is 0. The Morgan fingerprint density at radius 1 is 0.905 bits per heavy atom. The minimum absolute atomic E-state index is 0.101. The highest BCUT2D eigenvalue weighted by Gasteiger charge is 2.45. The van der Waals surface area contributed by atoms with E-state index in [0.717, 1.165) is 40.7 Å². The van der Waals surface area contributed by atoms with Gasteiger partial charge in [0.25, 0.3) is 5.91 Å². The molecule has 8 heteroatoms. The molecule has 2 atom stereocenters. The van der Waals surface area contributed by atoms with Gasteiger partial charge in [0.15, 0.2) is 0 Å². The minimum Gasteiger partial charge on any atom is -0.508 e. The van der Waals surface area contributed by atoms with Crippen molar-refractivity contribution in [1.29, 1.82) is 0 Å². The minimum atomic E-state index is -1.01. The molecule has 1 fully saturated rings. The van der Waals surface area contributed by atoms with Crippen LogP contribution >= 0.6 is 0 Å². The Bertz CT molecular complexity index is 1420. The second-order valence-electron chi connectivity index (χ2n) is 12.1. The molecule has 2 unspecified atom stereocenters. The number of carbonyl (C=O) groups is 3. The van der Waals surface area contributed by atoms with E-state index in [0.29, 0.717) is 5.69 Å². The van der Waals surface area contributed by atoms with E-state index in [9.17, 15) is 19.5 Å². The predicted molar refractivity (Wildman–Crippen MR) is 163 cm³/mol. The smallest absolute Gasteiger partial charge is 0.408 e. The molecule has 222 valence electrons. The van der Waals surface area contributed by atoms with Gasteiger partial charge in [-0.15, -0.1) is 0 Å². The second kappa shape index (κ2) is 12.7. The zero-order valence-electron chi connectivity index (χ0n) is 25.2. The van der Waals surface area contributed by atoms with Gasteiger partial charge < -0.3 is 25.4 Å². The van der Waals surface area contributed by atoms with Crippen LogP contribution in [0.25, 0.3) is 0 Å². The maximum atomic E-state index is 14.6. The number of nitrogens with one attached hydrogen (secondary N) is 2. The summed E-state index contributed by atoms with van der Waals surface area (Å²) in [5, 5.41) is 15.6. The Morgan fingerprint density at radius 2 is 1.50 bits per heavy atom. The molecule has 0 heterocycles. The van der Waals surface area contributed by atoms with Crippen molar-refractivity contribution in [2.45, 2.75) is 84.5 Å². The molecule has 0 spiro atoms. The van der Waals surface area contributed by atoms with Gasteiger partial charge in [-0.1, -0.05) is 48.5 Å². The third-order valence-corrected chi connectivity index (χ3v) is 7.30. The van der Waals surface area contributed by atoms with E-state index in [1.807, 2.05) is 63.2 Å². The van der Waals surface area contributed by atoms with Crippen molar-refractivity contribution >= 4 is 23.6 Å². The van der Waals surface area contributed by atoms with Crippen molar-refractivity contribution in [3.8, 4) is 5.75 Å². The molecule has 3 aromatic rings. The lowest BCUT2D eigenvalue weighted by atomic mass is 9.93. The number of para-hydroxylation sites is 1. The van der Waals surface area contributed by atoms with Gasteiger partial charge in [0, 0.05) is 18.2 Å². The van der Waals surface area contributed by atoms with Crippen LogP contribution in [0.4, 0.5) is 10.5 Å². The van der Waals surface area contributed by atoms with Crippen LogP contribution in [-0.2, 0) is 20.7 Å². The molecule has 0 saturated heterocycles. The number of anilines is 1. The van der Waals surface area contributed by atoms with Crippen LogP contribution in [-0.4, -0.2) is 45.6 Å². The van der Waals surface area contributed by atoms with Gasteiger partial charge in [0.2, 0.25) is 5.91 Å². The highest BCUT2D eigenvalue weighted by atomic mass is 16.6. The first kappa shape index (κ1) is 30.6. The van der Waals surface area contributed by atoms with E-state index in [-0.39, 0.29) is 30.0 Å². The summed E-state index contributed by atoms with van der Waals surface area (Å²) < 4.78 is 5.51. The largest absolute Gasteiger partial charge is 0.508 e. The molecule has 3 N–H and O–H groups in total. The zero-order chi connectivity index (χ0) is 30.6. The van der Waals surface area contributed by atoms with Crippen molar-refractivity contribution < 1.29 is 24.2 Å². The summed E-state index contributed by atoms with van der Waals surface area (Å²) in [5.74, 6) is -0.587. The first-order chi connectivity index (χ1) is 19.8. The highest BCUT2D eigenvalue weighted by Crippen LogP contribution is 2.38. The van der Waals surface area contributed by atoms with Crippen LogP contribution in [0.15, 0.2) is 66.7 Å². The van der Waals surface area contributed by atoms with Gasteiger partial charge in [-0.25, -0.2) is 4.79 Å². The molecule has 1 aliphatic rings. The van der Waals surface area contributed by atoms with Crippen molar-refractivity contribution in [3.05, 3.63) is 94.5 Å². The molecule has 0 bridgehead atoms. The lowest BCUT2D eigenvalue weighted by Crippen LogP contribution is -2.54. The number of phenolic OH excluding ortho intramolecular Hbond substituents is 1. The Morgan fingerprint density at radius 3 is 2.07 bits per heavy atom. The van der Waals surface area contributed by atoms with Crippen LogP contribution in [0.3, 0.4) is 0 Å². The summed E-state index contributed by atoms with van der Waals surface area (Å²) in [4.78, 5) is 43.4. The number of hydrogen-bond donors (Lipinski definition) is 3. The van der Waals surface area contributed by atoms with Crippen molar-refractivity contribution in [2.75, 3.05) is 5.32 Å². The fraction of sp³-hybridized carbons (Fsp3) is 0.382. The standard InChI is InChI=1S/C34H41N3O5/c1-21-10-7-8-13-27(21)35-31(39)30(29-22(2)11-9-12-23(29)3)37(25-16-17-25)32(40)28(36-33(41)42-34(4,5)6)20-24-14-18-26(38)19-15-24/h7-15,18-19,25,28,30,38H,16-17,20H2,1-6H3,(H,35,39)(H,36,41). The van der Waals surface area contributed by atoms with Crippen molar-refractivity contribution in [2.24, 2.45) is 0 Å². The fourth-order valence-corrected chi connectivity index (χ4v) is 5.14. The Hall–Kier alpha value is -4.33. The third-order valence-electron chi connectivity index (χ3n) is 7.30. The van der Waals surface area contributed by atoms with Crippen LogP contribution in [0.5, 0.6) is 5.75 Å². The summed E-state index contributed by atoms with van der Waals surface area (Å²) in [6.45, 7) is 11.1. The van der Waals surface area contributed by atoms with Gasteiger partial charge in [-0.2, -0.15) is 0 Å². The molecular weight excluding hydrogens is 530 g/mol. The number of phenols is 1. The van der Waals surface area contributed by atoms with E-state index < -0.39 is 23.8 Å². The van der Waals surface area contributed by atoms with E-state index >= 15 is 0 Å². The van der Waals surface area contributed by atoms with Crippen LogP contribution < -0.4 is 10.6 Å². The number of aromatic hydroxyl groups is 1. The molecule has 0 radical (unpaired) electrons. The van der Waals surface area contributed by atoms with E-state index in [1.165, 1.54) is 12.1 Å². The SMILES string of the molecule is Cc1ccccc1NC(=O)C(c1c(C)cccc1C)N(C(=O)C(Cc1ccc(O)cc1)NC(=O)OC(C)(C)C)C1CC1. The van der Waals surface area contributed by atoms with Gasteiger partial charge in [0.05, 0.1) is 0 Å². The average molecular weight is 572 g/mol. The number of ether oxygens (including phenoxy) is 1. The lowest BCUT2D eigenvalue weighted by molar-refractivity contribution is -0.141. The molecule has 4 rings (SSSR count). The molecule has 8 nitrogen and oxygen atoms in total. The summed E-state index contributed by atoms with van der Waals surface area (Å²) in [6, 6.07) is 17.8. The Labute approximate surface area is 248 Å². The molecule has 0 aliphatic heterocycles. The first-order valence-corrected chi connectivity index (χ1v) is 14.4. The molecule has 3 amide bonds. The van der Waals surface area contributed by atoms with Gasteiger partial charge >= 0.3 is 6.09 Å². The molecular formula is C34H41N3O5. The lowest BCUT2D eigenvalue weighted by Gasteiger charge is -2.36. The van der Waals surface area contributed by atoms with Crippen LogP contribution in [0, 0.1) is 20.8 Å². The number of rotatable bonds is 9. The summed E-state index contributed by atoms with van der Waals surface area (Å²) in [5.41, 5.74) is 4.12. The van der Waals surface area contributed by atoms with E-state index in [1.54, 1.807) is 37.8 Å². The predicted octanol–water partition coefficient (Wildman–Crippen LogP) is 6.12. The monoisotopic (exact) mass is 571 g/mol. The van der Waals surface area contributed by atoms with E-state index in [2.05, 4.69) is 10.6 Å². The number of hydrogen-bond acceptors (Lipinski definition) is 5. The molecule has 0 aromatic heterocycles. The second-order valence-corrected chi connectivity index (χ2v) is 12.1. The Kier molecular flexibility index (Phi) is 9.24. The number of benzene rings is 3. The molecule has 42 heavy (non-hydrogen) atoms. The van der Waals surface area contributed by atoms with E-state index in [4.69, 9.17) is 4.74 Å². The maximum absolute atomic E-state index is 14.6. The molecule has 3 aromatic carbocycles. The van der Waals surface area contributed by atoms with Gasteiger partial charge in [-0.3, -0.25) is 9.59 Å². The topological polar surface area (TPSA) is 108 Å². The average Bonchev–Trinajstić information content (AvgIpc) is 3.74.